The van der Waals surface area contributed by atoms with Crippen LogP contribution in [-0.4, -0.2) is 11.6 Å². The van der Waals surface area contributed by atoms with Crippen molar-refractivity contribution in [2.24, 2.45) is 0 Å². The summed E-state index contributed by atoms with van der Waals surface area (Å²) in [6.07, 6.45) is 10.7. The molecule has 2 heteroatoms. The van der Waals surface area contributed by atoms with Crippen molar-refractivity contribution in [1.82, 2.24) is 0 Å². The van der Waals surface area contributed by atoms with E-state index in [1.165, 1.54) is 38.5 Å². The van der Waals surface area contributed by atoms with Crippen LogP contribution in [0, 0.1) is 0 Å². The first-order valence-electron chi connectivity index (χ1n) is 7.27. The lowest BCUT2D eigenvalue weighted by Gasteiger charge is -2.19. The van der Waals surface area contributed by atoms with Crippen LogP contribution in [0.2, 0.25) is 0 Å². The van der Waals surface area contributed by atoms with Crippen LogP contribution >= 0.6 is 0 Å². The van der Waals surface area contributed by atoms with Gasteiger partial charge in [-0.25, -0.2) is 4.79 Å². The number of rotatable bonds is 8. The van der Waals surface area contributed by atoms with E-state index in [2.05, 4.69) is 6.92 Å². The summed E-state index contributed by atoms with van der Waals surface area (Å²) in [4.78, 5) is 11.7. The predicted octanol–water partition coefficient (Wildman–Crippen LogP) is 5.03. The molecule has 0 aliphatic rings. The number of carbonyl (C=O) groups is 1. The van der Waals surface area contributed by atoms with E-state index in [9.17, 15) is 4.79 Å². The van der Waals surface area contributed by atoms with Gasteiger partial charge in [-0.05, 0) is 40.5 Å². The molecule has 0 saturated heterocycles. The van der Waals surface area contributed by atoms with Gasteiger partial charge < -0.3 is 4.74 Å². The second kappa shape index (κ2) is 9.18. The highest BCUT2D eigenvalue weighted by atomic mass is 16.6. The van der Waals surface area contributed by atoms with Crippen molar-refractivity contribution in [3.8, 4) is 0 Å². The lowest BCUT2D eigenvalue weighted by atomic mass is 10.1. The molecule has 0 atom stereocenters. The molecule has 0 aliphatic carbocycles. The molecule has 2 nitrogen and oxygen atoms in total. The smallest absolute Gasteiger partial charge is 0.333 e. The van der Waals surface area contributed by atoms with Crippen LogP contribution in [0.3, 0.4) is 0 Å². The fraction of sp³-hybridized carbons (Fsp3) is 0.812. The van der Waals surface area contributed by atoms with Gasteiger partial charge in [-0.3, -0.25) is 0 Å². The van der Waals surface area contributed by atoms with Crippen molar-refractivity contribution < 1.29 is 9.53 Å². The van der Waals surface area contributed by atoms with Crippen LogP contribution in [0.1, 0.15) is 79.6 Å². The number of allylic oxidation sites excluding steroid dienone is 1. The summed E-state index contributed by atoms with van der Waals surface area (Å²) < 4.78 is 5.30. The van der Waals surface area contributed by atoms with Gasteiger partial charge >= 0.3 is 5.97 Å². The van der Waals surface area contributed by atoms with Crippen molar-refractivity contribution in [3.05, 3.63) is 11.6 Å². The van der Waals surface area contributed by atoms with Crippen LogP contribution in [0.25, 0.3) is 0 Å². The Hall–Kier alpha value is -0.790. The molecule has 0 bridgehead atoms. The van der Waals surface area contributed by atoms with E-state index < -0.39 is 5.60 Å². The molecule has 0 unspecified atom stereocenters. The molecule has 0 N–H and O–H groups in total. The van der Waals surface area contributed by atoms with Gasteiger partial charge in [0, 0.05) is 5.57 Å². The third-order valence-electron chi connectivity index (χ3n) is 2.73. The third kappa shape index (κ3) is 10.4. The highest BCUT2D eigenvalue weighted by Crippen LogP contribution is 2.12. The fourth-order valence-corrected chi connectivity index (χ4v) is 1.69. The zero-order valence-corrected chi connectivity index (χ0v) is 12.8. The van der Waals surface area contributed by atoms with E-state index in [1.54, 1.807) is 0 Å². The average molecular weight is 254 g/mol. The first-order valence-corrected chi connectivity index (χ1v) is 7.27. The predicted molar refractivity (Wildman–Crippen MR) is 77.6 cm³/mol. The van der Waals surface area contributed by atoms with Crippen LogP contribution in [0.4, 0.5) is 0 Å². The minimum atomic E-state index is -0.396. The normalized spacial score (nSPS) is 12.6. The van der Waals surface area contributed by atoms with Gasteiger partial charge in [0.1, 0.15) is 5.60 Å². The van der Waals surface area contributed by atoms with Crippen molar-refractivity contribution in [2.75, 3.05) is 0 Å². The molecule has 0 radical (unpaired) electrons. The van der Waals surface area contributed by atoms with Crippen LogP contribution < -0.4 is 0 Å². The Balaban J connectivity index is 3.74. The van der Waals surface area contributed by atoms with E-state index in [1.807, 2.05) is 33.8 Å². The maximum absolute atomic E-state index is 11.7. The molecular formula is C16H30O2. The number of ether oxygens (including phenoxy) is 1. The summed E-state index contributed by atoms with van der Waals surface area (Å²) in [5.74, 6) is -0.187. The Bertz CT molecular complexity index is 259. The Labute approximate surface area is 113 Å². The fourth-order valence-electron chi connectivity index (χ4n) is 1.69. The number of hydrogen-bond acceptors (Lipinski definition) is 2. The minimum Gasteiger partial charge on any atom is -0.457 e. The topological polar surface area (TPSA) is 26.3 Å². The number of hydrogen-bond donors (Lipinski definition) is 0. The first kappa shape index (κ1) is 17.2. The number of esters is 1. The second-order valence-corrected chi connectivity index (χ2v) is 5.95. The average Bonchev–Trinajstić information content (AvgIpc) is 2.25. The van der Waals surface area contributed by atoms with Crippen molar-refractivity contribution >= 4 is 5.97 Å². The molecule has 0 amide bonds. The molecule has 0 saturated carbocycles. The largest absolute Gasteiger partial charge is 0.457 e. The summed E-state index contributed by atoms with van der Waals surface area (Å²) in [6, 6.07) is 0. The monoisotopic (exact) mass is 254 g/mol. The second-order valence-electron chi connectivity index (χ2n) is 5.95. The van der Waals surface area contributed by atoms with Gasteiger partial charge in [0.05, 0.1) is 0 Å². The summed E-state index contributed by atoms with van der Waals surface area (Å²) >= 11 is 0. The van der Waals surface area contributed by atoms with Crippen LogP contribution in [-0.2, 0) is 9.53 Å². The van der Waals surface area contributed by atoms with Crippen molar-refractivity contribution in [1.29, 1.82) is 0 Å². The summed E-state index contributed by atoms with van der Waals surface area (Å²) in [7, 11) is 0. The van der Waals surface area contributed by atoms with Gasteiger partial charge in [0.25, 0.3) is 0 Å². The molecule has 0 fully saturated rings. The molecule has 106 valence electrons. The van der Waals surface area contributed by atoms with Gasteiger partial charge in [-0.15, -0.1) is 0 Å². The van der Waals surface area contributed by atoms with Crippen molar-refractivity contribution in [2.45, 2.75) is 85.2 Å². The highest BCUT2D eigenvalue weighted by molar-refractivity contribution is 5.87. The lowest BCUT2D eigenvalue weighted by molar-refractivity contribution is -0.149. The van der Waals surface area contributed by atoms with E-state index >= 15 is 0 Å². The molecule has 0 aromatic rings. The Morgan fingerprint density at radius 1 is 1.06 bits per heavy atom. The lowest BCUT2D eigenvalue weighted by Crippen LogP contribution is -2.24. The van der Waals surface area contributed by atoms with Gasteiger partial charge in [0.2, 0.25) is 0 Å². The van der Waals surface area contributed by atoms with Crippen LogP contribution in [0.5, 0.6) is 0 Å². The molecule has 0 aromatic heterocycles. The zero-order valence-electron chi connectivity index (χ0n) is 12.8. The maximum Gasteiger partial charge on any atom is 0.333 e. The summed E-state index contributed by atoms with van der Waals surface area (Å²) in [5.41, 5.74) is 0.338. The summed E-state index contributed by atoms with van der Waals surface area (Å²) in [6.45, 7) is 9.75. The molecular weight excluding hydrogens is 224 g/mol. The molecule has 0 aliphatic heterocycles. The Morgan fingerprint density at radius 2 is 1.61 bits per heavy atom. The van der Waals surface area contributed by atoms with Crippen molar-refractivity contribution in [3.63, 3.8) is 0 Å². The van der Waals surface area contributed by atoms with Gasteiger partial charge in [-0.2, -0.15) is 0 Å². The Morgan fingerprint density at radius 3 is 2.17 bits per heavy atom. The SMILES string of the molecule is CCCCCCCCC=C(C)C(=O)OC(C)(C)C. The summed E-state index contributed by atoms with van der Waals surface area (Å²) in [5, 5.41) is 0. The maximum atomic E-state index is 11.7. The van der Waals surface area contributed by atoms with Gasteiger partial charge in [0.15, 0.2) is 0 Å². The molecule has 0 heterocycles. The zero-order chi connectivity index (χ0) is 14.0. The minimum absolute atomic E-state index is 0.187. The standard InChI is InChI=1S/C16H30O2/c1-6-7-8-9-10-11-12-13-14(2)15(17)18-16(3,4)5/h13H,6-12H2,1-5H3. The van der Waals surface area contributed by atoms with E-state index in [0.717, 1.165) is 12.0 Å². The molecule has 0 spiro atoms. The van der Waals surface area contributed by atoms with Crippen LogP contribution in [0.15, 0.2) is 11.6 Å². The molecule has 0 aromatic carbocycles. The van der Waals surface area contributed by atoms with E-state index in [4.69, 9.17) is 4.74 Å². The Kier molecular flexibility index (Phi) is 8.78. The quantitative estimate of drug-likeness (QED) is 0.345. The van der Waals surface area contributed by atoms with E-state index in [-0.39, 0.29) is 5.97 Å². The third-order valence-corrected chi connectivity index (χ3v) is 2.73. The molecule has 18 heavy (non-hydrogen) atoms. The molecule has 0 rings (SSSR count). The highest BCUT2D eigenvalue weighted by Gasteiger charge is 2.16. The van der Waals surface area contributed by atoms with E-state index in [0.29, 0.717) is 0 Å². The number of carbonyl (C=O) groups excluding carboxylic acids is 1. The first-order chi connectivity index (χ1) is 8.37. The number of unbranched alkanes of at least 4 members (excludes halogenated alkanes) is 6. The van der Waals surface area contributed by atoms with Gasteiger partial charge in [-0.1, -0.05) is 45.1 Å².